The molecule has 1 atom stereocenters. The zero-order valence-corrected chi connectivity index (χ0v) is 13.7. The highest BCUT2D eigenvalue weighted by Crippen LogP contribution is 2.19. The van der Waals surface area contributed by atoms with Gasteiger partial charge < -0.3 is 10.1 Å². The number of rotatable bonds is 6. The second kappa shape index (κ2) is 8.24. The first-order valence-corrected chi connectivity index (χ1v) is 7.79. The second-order valence-corrected chi connectivity index (χ2v) is 5.43. The van der Waals surface area contributed by atoms with Gasteiger partial charge in [0.25, 0.3) is 5.91 Å². The van der Waals surface area contributed by atoms with Crippen LogP contribution >= 0.6 is 0 Å². The molecular weight excluding hydrogens is 309 g/mol. The molecule has 0 aliphatic carbocycles. The normalized spacial score (nSPS) is 11.6. The van der Waals surface area contributed by atoms with Crippen LogP contribution in [0.15, 0.2) is 48.5 Å². The molecule has 0 aromatic heterocycles. The van der Waals surface area contributed by atoms with Crippen molar-refractivity contribution in [2.24, 2.45) is 0 Å². The van der Waals surface area contributed by atoms with E-state index in [1.807, 2.05) is 31.2 Å². The van der Waals surface area contributed by atoms with Gasteiger partial charge in [-0.3, -0.25) is 9.59 Å². The van der Waals surface area contributed by atoms with Crippen molar-refractivity contribution in [1.29, 1.82) is 0 Å². The van der Waals surface area contributed by atoms with Crippen LogP contribution in [0, 0.1) is 12.7 Å². The number of ether oxygens (including phenoxy) is 1. The van der Waals surface area contributed by atoms with Crippen LogP contribution in [-0.2, 0) is 9.53 Å². The van der Waals surface area contributed by atoms with E-state index in [4.69, 9.17) is 4.74 Å². The summed E-state index contributed by atoms with van der Waals surface area (Å²) in [5.74, 6) is -1.59. The predicted octanol–water partition coefficient (Wildman–Crippen LogP) is 3.56. The van der Waals surface area contributed by atoms with E-state index in [-0.39, 0.29) is 18.6 Å². The van der Waals surface area contributed by atoms with Crippen molar-refractivity contribution in [2.75, 3.05) is 6.61 Å². The molecule has 1 amide bonds. The zero-order chi connectivity index (χ0) is 17.5. The lowest BCUT2D eigenvalue weighted by molar-refractivity contribution is -0.143. The third-order valence-electron chi connectivity index (χ3n) is 3.58. The summed E-state index contributed by atoms with van der Waals surface area (Å²) in [6.45, 7) is 3.93. The summed E-state index contributed by atoms with van der Waals surface area (Å²) in [7, 11) is 0. The topological polar surface area (TPSA) is 55.4 Å². The maximum Gasteiger partial charge on any atom is 0.308 e. The van der Waals surface area contributed by atoms with Gasteiger partial charge in [-0.05, 0) is 31.5 Å². The van der Waals surface area contributed by atoms with E-state index >= 15 is 0 Å². The predicted molar refractivity (Wildman–Crippen MR) is 89.0 cm³/mol. The number of hydrogen-bond donors (Lipinski definition) is 1. The molecule has 0 saturated carbocycles. The lowest BCUT2D eigenvalue weighted by Crippen LogP contribution is -2.31. The molecule has 2 rings (SSSR count). The minimum atomic E-state index is -0.603. The number of benzene rings is 2. The average molecular weight is 329 g/mol. The highest BCUT2D eigenvalue weighted by atomic mass is 19.1. The summed E-state index contributed by atoms with van der Waals surface area (Å²) in [4.78, 5) is 24.2. The van der Waals surface area contributed by atoms with Crippen LogP contribution in [0.4, 0.5) is 4.39 Å². The molecule has 2 aromatic carbocycles. The van der Waals surface area contributed by atoms with Crippen molar-refractivity contribution in [3.8, 4) is 0 Å². The Morgan fingerprint density at radius 1 is 1.12 bits per heavy atom. The maximum absolute atomic E-state index is 13.8. The van der Waals surface area contributed by atoms with Crippen LogP contribution in [0.1, 0.15) is 40.9 Å². The van der Waals surface area contributed by atoms with Crippen LogP contribution in [0.3, 0.4) is 0 Å². The van der Waals surface area contributed by atoms with Crippen LogP contribution in [0.25, 0.3) is 0 Å². The van der Waals surface area contributed by atoms with Crippen LogP contribution < -0.4 is 5.32 Å². The van der Waals surface area contributed by atoms with Gasteiger partial charge >= 0.3 is 5.97 Å². The Hall–Kier alpha value is -2.69. The van der Waals surface area contributed by atoms with Gasteiger partial charge in [0.2, 0.25) is 0 Å². The smallest absolute Gasteiger partial charge is 0.308 e. The largest absolute Gasteiger partial charge is 0.466 e. The number of nitrogens with one attached hydrogen (secondary N) is 1. The van der Waals surface area contributed by atoms with Gasteiger partial charge in [0.15, 0.2) is 0 Å². The molecular formula is C19H20FNO3. The molecule has 5 heteroatoms. The number of hydrogen-bond acceptors (Lipinski definition) is 3. The van der Waals surface area contributed by atoms with Crippen LogP contribution in [-0.4, -0.2) is 18.5 Å². The van der Waals surface area contributed by atoms with E-state index in [1.54, 1.807) is 13.0 Å². The van der Waals surface area contributed by atoms with Gasteiger partial charge in [0.1, 0.15) is 5.82 Å². The number of esters is 1. The Morgan fingerprint density at radius 3 is 2.42 bits per heavy atom. The van der Waals surface area contributed by atoms with Gasteiger partial charge in [0, 0.05) is 0 Å². The minimum absolute atomic E-state index is 0.0168. The fourth-order valence-corrected chi connectivity index (χ4v) is 2.32. The molecule has 0 fully saturated rings. The third-order valence-corrected chi connectivity index (χ3v) is 3.58. The Bertz CT molecular complexity index is 713. The molecule has 24 heavy (non-hydrogen) atoms. The van der Waals surface area contributed by atoms with Gasteiger partial charge in [0.05, 0.1) is 24.6 Å². The molecule has 126 valence electrons. The second-order valence-electron chi connectivity index (χ2n) is 5.43. The van der Waals surface area contributed by atoms with Crippen molar-refractivity contribution in [1.82, 2.24) is 5.32 Å². The molecule has 2 aromatic rings. The summed E-state index contributed by atoms with van der Waals surface area (Å²) in [5.41, 5.74) is 1.77. The molecule has 0 unspecified atom stereocenters. The van der Waals surface area contributed by atoms with E-state index in [0.717, 1.165) is 11.1 Å². The van der Waals surface area contributed by atoms with E-state index in [1.165, 1.54) is 18.2 Å². The number of aryl methyl sites for hydroxylation is 1. The summed E-state index contributed by atoms with van der Waals surface area (Å²) in [5, 5.41) is 2.72. The van der Waals surface area contributed by atoms with Crippen molar-refractivity contribution >= 4 is 11.9 Å². The molecule has 0 radical (unpaired) electrons. The average Bonchev–Trinajstić information content (AvgIpc) is 2.55. The molecule has 0 aliphatic rings. The summed E-state index contributed by atoms with van der Waals surface area (Å²) in [6.07, 6.45) is -0.0168. The summed E-state index contributed by atoms with van der Waals surface area (Å²) in [6, 6.07) is 12.6. The Morgan fingerprint density at radius 2 is 1.79 bits per heavy atom. The van der Waals surface area contributed by atoms with Crippen molar-refractivity contribution in [3.63, 3.8) is 0 Å². The minimum Gasteiger partial charge on any atom is -0.466 e. The fraction of sp³-hybridized carbons (Fsp3) is 0.263. The van der Waals surface area contributed by atoms with E-state index in [2.05, 4.69) is 5.32 Å². The number of carbonyl (C=O) groups excluding carboxylic acids is 2. The lowest BCUT2D eigenvalue weighted by Gasteiger charge is -2.19. The van der Waals surface area contributed by atoms with Gasteiger partial charge in [-0.1, -0.05) is 42.0 Å². The first kappa shape index (κ1) is 17.7. The van der Waals surface area contributed by atoms with Crippen molar-refractivity contribution in [3.05, 3.63) is 71.0 Å². The maximum atomic E-state index is 13.8. The SMILES string of the molecule is CCOC(=O)C[C@@H](NC(=O)c1ccccc1F)c1ccc(C)cc1. The molecule has 0 saturated heterocycles. The van der Waals surface area contributed by atoms with E-state index in [0.29, 0.717) is 0 Å². The van der Waals surface area contributed by atoms with Gasteiger partial charge in [-0.15, -0.1) is 0 Å². The summed E-state index contributed by atoms with van der Waals surface area (Å²) >= 11 is 0. The van der Waals surface area contributed by atoms with Gasteiger partial charge in [-0.2, -0.15) is 0 Å². The number of carbonyl (C=O) groups is 2. The highest BCUT2D eigenvalue weighted by molar-refractivity contribution is 5.95. The number of halogens is 1. The Kier molecular flexibility index (Phi) is 6.07. The van der Waals surface area contributed by atoms with Gasteiger partial charge in [-0.25, -0.2) is 4.39 Å². The summed E-state index contributed by atoms with van der Waals surface area (Å²) < 4.78 is 18.7. The third kappa shape index (κ3) is 4.65. The van der Waals surface area contributed by atoms with Crippen molar-refractivity contribution < 1.29 is 18.7 Å². The first-order valence-electron chi connectivity index (χ1n) is 7.79. The number of amides is 1. The highest BCUT2D eigenvalue weighted by Gasteiger charge is 2.21. The molecule has 0 aliphatic heterocycles. The molecule has 0 bridgehead atoms. The molecule has 0 heterocycles. The Balaban J connectivity index is 2.22. The molecule has 0 spiro atoms. The fourth-order valence-electron chi connectivity index (χ4n) is 2.32. The van der Waals surface area contributed by atoms with Crippen LogP contribution in [0.5, 0.6) is 0 Å². The molecule has 4 nitrogen and oxygen atoms in total. The lowest BCUT2D eigenvalue weighted by atomic mass is 10.0. The van der Waals surface area contributed by atoms with E-state index in [9.17, 15) is 14.0 Å². The zero-order valence-electron chi connectivity index (χ0n) is 13.7. The van der Waals surface area contributed by atoms with Crippen molar-refractivity contribution in [2.45, 2.75) is 26.3 Å². The first-order chi connectivity index (χ1) is 11.5. The Labute approximate surface area is 140 Å². The van der Waals surface area contributed by atoms with Crippen LogP contribution in [0.2, 0.25) is 0 Å². The monoisotopic (exact) mass is 329 g/mol. The standard InChI is InChI=1S/C19H20FNO3/c1-3-24-18(22)12-17(14-10-8-13(2)9-11-14)21-19(23)15-6-4-5-7-16(15)20/h4-11,17H,3,12H2,1-2H3,(H,21,23)/t17-/m1/s1. The molecule has 1 N–H and O–H groups in total. The quantitative estimate of drug-likeness (QED) is 0.825. The van der Waals surface area contributed by atoms with E-state index < -0.39 is 23.7 Å².